The van der Waals surface area contributed by atoms with Crippen LogP contribution in [0.2, 0.25) is 0 Å². The van der Waals surface area contributed by atoms with Crippen molar-refractivity contribution in [2.24, 2.45) is 5.10 Å². The van der Waals surface area contributed by atoms with E-state index in [4.69, 9.17) is 4.74 Å². The van der Waals surface area contributed by atoms with Crippen molar-refractivity contribution in [2.75, 3.05) is 19.0 Å². The maximum absolute atomic E-state index is 11.9. The highest BCUT2D eigenvalue weighted by atomic mass is 16.6. The Balaban J connectivity index is 1.99. The van der Waals surface area contributed by atoms with Gasteiger partial charge in [-0.15, -0.1) is 0 Å². The predicted molar refractivity (Wildman–Crippen MR) is 94.9 cm³/mol. The van der Waals surface area contributed by atoms with E-state index >= 15 is 0 Å². The molecule has 0 atom stereocenters. The van der Waals surface area contributed by atoms with Crippen LogP contribution in [0.1, 0.15) is 12.5 Å². The van der Waals surface area contributed by atoms with Gasteiger partial charge >= 0.3 is 0 Å². The smallest absolute Gasteiger partial charge is 0.278 e. The second kappa shape index (κ2) is 8.44. The van der Waals surface area contributed by atoms with Crippen molar-refractivity contribution in [3.8, 4) is 5.75 Å². The Morgan fingerprint density at radius 3 is 2.60 bits per heavy atom. The fraction of sp³-hybridized carbons (Fsp3) is 0.176. The number of ether oxygens (including phenoxy) is 1. The number of nitrogens with zero attached hydrogens (tertiary/aromatic N) is 2. The van der Waals surface area contributed by atoms with Gasteiger partial charge in [-0.1, -0.05) is 24.3 Å². The third-order valence-corrected chi connectivity index (χ3v) is 3.39. The average molecular weight is 342 g/mol. The third kappa shape index (κ3) is 4.77. The molecular weight excluding hydrogens is 324 g/mol. The molecule has 2 aromatic rings. The lowest BCUT2D eigenvalue weighted by Crippen LogP contribution is -2.27. The summed E-state index contributed by atoms with van der Waals surface area (Å²) in [6, 6.07) is 13.4. The molecule has 0 aliphatic rings. The summed E-state index contributed by atoms with van der Waals surface area (Å²) in [7, 11) is 1.54. The van der Waals surface area contributed by atoms with E-state index in [1.807, 2.05) is 12.1 Å². The number of hydrazone groups is 1. The number of carbonyl (C=O) groups is 1. The number of nitro benzene ring substituents is 1. The van der Waals surface area contributed by atoms with E-state index in [0.29, 0.717) is 22.7 Å². The van der Waals surface area contributed by atoms with Crippen molar-refractivity contribution in [1.82, 2.24) is 5.43 Å². The highest BCUT2D eigenvalue weighted by Crippen LogP contribution is 2.22. The molecule has 130 valence electrons. The topological polar surface area (TPSA) is 106 Å². The molecule has 0 radical (unpaired) electrons. The maximum atomic E-state index is 11.9. The molecule has 0 aliphatic carbocycles. The van der Waals surface area contributed by atoms with Crippen LogP contribution in [-0.2, 0) is 4.79 Å². The number of methoxy groups -OCH3 is 1. The van der Waals surface area contributed by atoms with E-state index in [0.717, 1.165) is 0 Å². The maximum Gasteiger partial charge on any atom is 0.278 e. The number of carbonyl (C=O) groups excluding carboxylic acids is 1. The summed E-state index contributed by atoms with van der Waals surface area (Å²) >= 11 is 0. The van der Waals surface area contributed by atoms with E-state index in [-0.39, 0.29) is 18.1 Å². The molecule has 2 N–H and O–H groups in total. The fourth-order valence-corrected chi connectivity index (χ4v) is 2.15. The molecule has 0 saturated carbocycles. The number of nitro groups is 1. The first-order valence-corrected chi connectivity index (χ1v) is 7.46. The van der Waals surface area contributed by atoms with E-state index in [9.17, 15) is 14.9 Å². The SMILES string of the molecule is COc1ccccc1NCC(=O)N/N=C(/C)c1ccccc1[N+](=O)[O-]. The second-order valence-corrected chi connectivity index (χ2v) is 5.06. The lowest BCUT2D eigenvalue weighted by Gasteiger charge is -2.10. The molecule has 0 aromatic heterocycles. The first kappa shape index (κ1) is 17.9. The molecule has 8 heteroatoms. The van der Waals surface area contributed by atoms with Crippen molar-refractivity contribution in [2.45, 2.75) is 6.92 Å². The lowest BCUT2D eigenvalue weighted by atomic mass is 10.1. The van der Waals surface area contributed by atoms with E-state index in [2.05, 4.69) is 15.8 Å². The van der Waals surface area contributed by atoms with Crippen molar-refractivity contribution >= 4 is 23.0 Å². The van der Waals surface area contributed by atoms with E-state index in [1.165, 1.54) is 6.07 Å². The Labute approximate surface area is 144 Å². The van der Waals surface area contributed by atoms with Gasteiger partial charge in [0.25, 0.3) is 11.6 Å². The summed E-state index contributed by atoms with van der Waals surface area (Å²) < 4.78 is 5.18. The standard InChI is InChI=1S/C17H18N4O4/c1-12(13-7-3-5-9-15(13)21(23)24)19-20-17(22)11-18-14-8-4-6-10-16(14)25-2/h3-10,18H,11H2,1-2H3,(H,20,22)/b19-12-. The number of hydrogen-bond donors (Lipinski definition) is 2. The van der Waals surface area contributed by atoms with E-state index in [1.54, 1.807) is 44.4 Å². The minimum atomic E-state index is -0.487. The molecule has 2 aromatic carbocycles. The Kier molecular flexibility index (Phi) is 6.05. The minimum absolute atomic E-state index is 0.0198. The Bertz CT molecular complexity index is 805. The molecule has 0 spiro atoms. The molecular formula is C17H18N4O4. The summed E-state index contributed by atoms with van der Waals surface area (Å²) in [5, 5.41) is 17.9. The number of para-hydroxylation sites is 3. The Hall–Kier alpha value is -3.42. The van der Waals surface area contributed by atoms with Gasteiger partial charge in [0, 0.05) is 6.07 Å². The second-order valence-electron chi connectivity index (χ2n) is 5.06. The first-order chi connectivity index (χ1) is 12.0. The lowest BCUT2D eigenvalue weighted by molar-refractivity contribution is -0.385. The van der Waals surface area contributed by atoms with Crippen LogP contribution < -0.4 is 15.5 Å². The predicted octanol–water partition coefficient (Wildman–Crippen LogP) is 2.56. The first-order valence-electron chi connectivity index (χ1n) is 7.46. The molecule has 8 nitrogen and oxygen atoms in total. The van der Waals surface area contributed by atoms with Crippen LogP contribution in [0.25, 0.3) is 0 Å². The van der Waals surface area contributed by atoms with Gasteiger partial charge < -0.3 is 10.1 Å². The highest BCUT2D eigenvalue weighted by Gasteiger charge is 2.14. The van der Waals surface area contributed by atoms with Crippen molar-refractivity contribution in [3.63, 3.8) is 0 Å². The van der Waals surface area contributed by atoms with Crippen LogP contribution in [0.3, 0.4) is 0 Å². The van der Waals surface area contributed by atoms with Crippen LogP contribution in [-0.4, -0.2) is 30.2 Å². The van der Waals surface area contributed by atoms with Crippen LogP contribution in [0.5, 0.6) is 5.75 Å². The molecule has 0 aliphatic heterocycles. The van der Waals surface area contributed by atoms with E-state index < -0.39 is 4.92 Å². The summed E-state index contributed by atoms with van der Waals surface area (Å²) in [6.45, 7) is 1.57. The molecule has 1 amide bonds. The minimum Gasteiger partial charge on any atom is -0.495 e. The fourth-order valence-electron chi connectivity index (χ4n) is 2.15. The molecule has 0 bridgehead atoms. The number of nitrogens with one attached hydrogen (secondary N) is 2. The number of hydrogen-bond acceptors (Lipinski definition) is 6. The highest BCUT2D eigenvalue weighted by molar-refractivity contribution is 6.02. The van der Waals surface area contributed by atoms with Gasteiger partial charge in [0.15, 0.2) is 0 Å². The van der Waals surface area contributed by atoms with Crippen LogP contribution in [0.15, 0.2) is 53.6 Å². The third-order valence-electron chi connectivity index (χ3n) is 3.39. The zero-order valence-corrected chi connectivity index (χ0v) is 13.9. The van der Waals surface area contributed by atoms with Gasteiger partial charge in [0.2, 0.25) is 0 Å². The number of anilines is 1. The van der Waals surface area contributed by atoms with Gasteiger partial charge in [-0.05, 0) is 25.1 Å². The summed E-state index contributed by atoms with van der Waals surface area (Å²) in [5.41, 5.74) is 3.69. The number of benzene rings is 2. The van der Waals surface area contributed by atoms with Crippen molar-refractivity contribution in [3.05, 3.63) is 64.2 Å². The van der Waals surface area contributed by atoms with Gasteiger partial charge in [0.1, 0.15) is 5.75 Å². The zero-order valence-electron chi connectivity index (χ0n) is 13.9. The quantitative estimate of drug-likeness (QED) is 0.457. The van der Waals surface area contributed by atoms with Gasteiger partial charge in [-0.3, -0.25) is 14.9 Å². The van der Waals surface area contributed by atoms with Crippen LogP contribution in [0, 0.1) is 10.1 Å². The molecule has 0 heterocycles. The van der Waals surface area contributed by atoms with Crippen LogP contribution in [0.4, 0.5) is 11.4 Å². The molecule has 0 saturated heterocycles. The molecule has 25 heavy (non-hydrogen) atoms. The van der Waals surface area contributed by atoms with Crippen molar-refractivity contribution in [1.29, 1.82) is 0 Å². The number of rotatable bonds is 7. The van der Waals surface area contributed by atoms with Gasteiger partial charge in [-0.25, -0.2) is 5.43 Å². The summed E-state index contributed by atoms with van der Waals surface area (Å²) in [5.74, 6) is 0.235. The molecule has 0 fully saturated rings. The summed E-state index contributed by atoms with van der Waals surface area (Å²) in [6.07, 6.45) is 0. The molecule has 2 rings (SSSR count). The summed E-state index contributed by atoms with van der Waals surface area (Å²) in [4.78, 5) is 22.5. The monoisotopic (exact) mass is 342 g/mol. The average Bonchev–Trinajstić information content (AvgIpc) is 2.64. The van der Waals surface area contributed by atoms with Crippen molar-refractivity contribution < 1.29 is 14.5 Å². The largest absolute Gasteiger partial charge is 0.495 e. The number of amides is 1. The van der Waals surface area contributed by atoms with Crippen LogP contribution >= 0.6 is 0 Å². The molecule has 0 unspecified atom stereocenters. The van der Waals surface area contributed by atoms with Gasteiger partial charge in [-0.2, -0.15) is 5.10 Å². The zero-order chi connectivity index (χ0) is 18.2. The van der Waals surface area contributed by atoms with Gasteiger partial charge in [0.05, 0.1) is 35.5 Å². The Morgan fingerprint density at radius 1 is 1.20 bits per heavy atom. The normalized spacial score (nSPS) is 10.9. The Morgan fingerprint density at radius 2 is 1.88 bits per heavy atom.